The Kier molecular flexibility index (Phi) is 7.44. The zero-order valence-corrected chi connectivity index (χ0v) is 15.7. The zero-order chi connectivity index (χ0) is 17.2. The first-order chi connectivity index (χ1) is 11.5. The van der Waals surface area contributed by atoms with Gasteiger partial charge >= 0.3 is 6.18 Å². The minimum Gasteiger partial charge on any atom is -0.314 e. The smallest absolute Gasteiger partial charge is 0.314 e. The lowest BCUT2D eigenvalue weighted by atomic mass is 9.79. The van der Waals surface area contributed by atoms with Gasteiger partial charge in [-0.2, -0.15) is 13.2 Å². The van der Waals surface area contributed by atoms with E-state index in [-0.39, 0.29) is 23.5 Å². The molecule has 1 aromatic rings. The van der Waals surface area contributed by atoms with E-state index in [4.69, 9.17) is 11.6 Å². The molecule has 1 aliphatic heterocycles. The van der Waals surface area contributed by atoms with E-state index in [1.807, 2.05) is 0 Å². The average Bonchev–Trinajstić information content (AvgIpc) is 2.58. The molecule has 1 saturated heterocycles. The zero-order valence-electron chi connectivity index (χ0n) is 14.1. The van der Waals surface area contributed by atoms with E-state index in [9.17, 15) is 13.2 Å². The molecule has 1 atom stereocenters. The molecule has 25 heavy (non-hydrogen) atoms. The largest absolute Gasteiger partial charge is 0.417 e. The third-order valence-electron chi connectivity index (χ3n) is 5.29. The van der Waals surface area contributed by atoms with Crippen molar-refractivity contribution in [1.29, 1.82) is 0 Å². The van der Waals surface area contributed by atoms with Crippen LogP contribution in [0.4, 0.5) is 13.2 Å². The molecule has 1 aliphatic carbocycles. The third kappa shape index (κ3) is 4.82. The predicted molar refractivity (Wildman–Crippen MR) is 97.5 cm³/mol. The predicted octanol–water partition coefficient (Wildman–Crippen LogP) is 5.31. The van der Waals surface area contributed by atoms with Crippen LogP contribution in [0, 0.1) is 5.92 Å². The molecule has 2 nitrogen and oxygen atoms in total. The maximum atomic E-state index is 13.3. The average molecular weight is 397 g/mol. The first-order valence-electron chi connectivity index (χ1n) is 8.79. The molecule has 0 bridgehead atoms. The van der Waals surface area contributed by atoms with Crippen molar-refractivity contribution in [2.45, 2.75) is 44.3 Å². The summed E-state index contributed by atoms with van der Waals surface area (Å²) in [5.74, 6) is 0.387. The van der Waals surface area contributed by atoms with Crippen molar-refractivity contribution >= 4 is 24.0 Å². The van der Waals surface area contributed by atoms with Crippen molar-refractivity contribution in [1.82, 2.24) is 10.2 Å². The molecule has 2 fully saturated rings. The van der Waals surface area contributed by atoms with Gasteiger partial charge in [0, 0.05) is 32.2 Å². The van der Waals surface area contributed by atoms with Crippen LogP contribution in [0.25, 0.3) is 0 Å². The number of rotatable bonds is 3. The number of piperazine rings is 1. The lowest BCUT2D eigenvalue weighted by Crippen LogP contribution is -2.47. The van der Waals surface area contributed by atoms with Crippen LogP contribution in [0.5, 0.6) is 0 Å². The van der Waals surface area contributed by atoms with Gasteiger partial charge in [-0.3, -0.25) is 4.90 Å². The van der Waals surface area contributed by atoms with Crippen LogP contribution in [0.3, 0.4) is 0 Å². The minimum absolute atomic E-state index is 0. The standard InChI is InChI=1S/C18H24ClF3N2.ClH/c19-16-14(7-4-8-15(16)18(20,21)22)17(13-5-2-1-3-6-13)24-11-9-23-10-12-24;/h4,7-8,13,17,23H,1-3,5-6,9-12H2;1H/t17-;/m1./s1. The van der Waals surface area contributed by atoms with E-state index in [0.717, 1.165) is 57.9 Å². The fraction of sp³-hybridized carbons (Fsp3) is 0.667. The Hall–Kier alpha value is -0.490. The molecule has 3 rings (SSSR count). The Morgan fingerprint density at radius 3 is 2.32 bits per heavy atom. The molecule has 1 saturated carbocycles. The molecule has 0 radical (unpaired) electrons. The lowest BCUT2D eigenvalue weighted by Gasteiger charge is -2.41. The summed E-state index contributed by atoms with van der Waals surface area (Å²) in [5, 5.41) is 3.21. The van der Waals surface area contributed by atoms with Crippen molar-refractivity contribution in [3.63, 3.8) is 0 Å². The highest BCUT2D eigenvalue weighted by atomic mass is 35.5. The second-order valence-electron chi connectivity index (χ2n) is 6.84. The van der Waals surface area contributed by atoms with E-state index in [1.165, 1.54) is 12.5 Å². The minimum atomic E-state index is -4.41. The number of nitrogens with one attached hydrogen (secondary N) is 1. The van der Waals surface area contributed by atoms with Gasteiger partial charge in [-0.05, 0) is 30.4 Å². The maximum absolute atomic E-state index is 13.3. The SMILES string of the molecule is Cl.FC(F)(F)c1cccc([C@@H](C2CCCCC2)N2CCNCC2)c1Cl. The Morgan fingerprint density at radius 2 is 1.72 bits per heavy atom. The molecule has 0 aromatic heterocycles. The molecule has 0 amide bonds. The van der Waals surface area contributed by atoms with Crippen molar-refractivity contribution in [2.75, 3.05) is 26.2 Å². The molecule has 1 heterocycles. The van der Waals surface area contributed by atoms with Gasteiger partial charge in [0.05, 0.1) is 10.6 Å². The van der Waals surface area contributed by atoms with Gasteiger partial charge < -0.3 is 5.32 Å². The van der Waals surface area contributed by atoms with Gasteiger partial charge in [0.15, 0.2) is 0 Å². The summed E-state index contributed by atoms with van der Waals surface area (Å²) >= 11 is 6.26. The second-order valence-corrected chi connectivity index (χ2v) is 7.21. The van der Waals surface area contributed by atoms with Crippen LogP contribution in [-0.2, 0) is 6.18 Å². The van der Waals surface area contributed by atoms with E-state index >= 15 is 0 Å². The van der Waals surface area contributed by atoms with Gasteiger partial charge in [0.1, 0.15) is 0 Å². The first-order valence-corrected chi connectivity index (χ1v) is 9.16. The highest BCUT2D eigenvalue weighted by Gasteiger charge is 2.37. The van der Waals surface area contributed by atoms with E-state index in [1.54, 1.807) is 6.07 Å². The molecule has 7 heteroatoms. The molecule has 0 unspecified atom stereocenters. The summed E-state index contributed by atoms with van der Waals surface area (Å²) in [7, 11) is 0. The molecular formula is C18H25Cl2F3N2. The maximum Gasteiger partial charge on any atom is 0.417 e. The van der Waals surface area contributed by atoms with Crippen molar-refractivity contribution < 1.29 is 13.2 Å². The third-order valence-corrected chi connectivity index (χ3v) is 5.72. The van der Waals surface area contributed by atoms with Gasteiger partial charge in [-0.1, -0.05) is 43.0 Å². The second kappa shape index (κ2) is 8.94. The number of halogens is 5. The van der Waals surface area contributed by atoms with Gasteiger partial charge in [0.25, 0.3) is 0 Å². The number of nitrogens with zero attached hydrogens (tertiary/aromatic N) is 1. The van der Waals surface area contributed by atoms with Gasteiger partial charge in [-0.25, -0.2) is 0 Å². The van der Waals surface area contributed by atoms with Crippen molar-refractivity contribution in [2.24, 2.45) is 5.92 Å². The summed E-state index contributed by atoms with van der Waals surface area (Å²) in [6.45, 7) is 3.46. The van der Waals surface area contributed by atoms with Gasteiger partial charge in [-0.15, -0.1) is 12.4 Å². The van der Waals surface area contributed by atoms with Crippen LogP contribution in [0.1, 0.15) is 49.3 Å². The monoisotopic (exact) mass is 396 g/mol. The summed E-state index contributed by atoms with van der Waals surface area (Å²) in [4.78, 5) is 2.33. The van der Waals surface area contributed by atoms with E-state index < -0.39 is 11.7 Å². The molecule has 142 valence electrons. The summed E-state index contributed by atoms with van der Waals surface area (Å²) in [6.07, 6.45) is 1.27. The number of alkyl halides is 3. The topological polar surface area (TPSA) is 15.3 Å². The molecule has 1 aromatic carbocycles. The molecule has 0 spiro atoms. The van der Waals surface area contributed by atoms with E-state index in [0.29, 0.717) is 11.5 Å². The quantitative estimate of drug-likeness (QED) is 0.744. The lowest BCUT2D eigenvalue weighted by molar-refractivity contribution is -0.137. The van der Waals surface area contributed by atoms with Crippen LogP contribution < -0.4 is 5.32 Å². The van der Waals surface area contributed by atoms with E-state index in [2.05, 4.69) is 10.2 Å². The Labute approximate surface area is 158 Å². The fourth-order valence-corrected chi connectivity index (χ4v) is 4.50. The van der Waals surface area contributed by atoms with Crippen LogP contribution in [0.15, 0.2) is 18.2 Å². The Morgan fingerprint density at radius 1 is 1.08 bits per heavy atom. The molecule has 1 N–H and O–H groups in total. The van der Waals surface area contributed by atoms with Crippen molar-refractivity contribution in [3.8, 4) is 0 Å². The van der Waals surface area contributed by atoms with Gasteiger partial charge in [0.2, 0.25) is 0 Å². The summed E-state index contributed by atoms with van der Waals surface area (Å²) in [5.41, 5.74) is -0.0575. The molecule has 2 aliphatic rings. The number of hydrogen-bond donors (Lipinski definition) is 1. The van der Waals surface area contributed by atoms with Crippen LogP contribution in [-0.4, -0.2) is 31.1 Å². The summed E-state index contributed by atoms with van der Waals surface area (Å²) in [6, 6.07) is 4.37. The first kappa shape index (κ1) is 20.8. The van der Waals surface area contributed by atoms with Crippen molar-refractivity contribution in [3.05, 3.63) is 34.3 Å². The molecular weight excluding hydrogens is 372 g/mol. The van der Waals surface area contributed by atoms with Crippen LogP contribution >= 0.6 is 24.0 Å². The fourth-order valence-electron chi connectivity index (χ4n) is 4.16. The number of hydrogen-bond acceptors (Lipinski definition) is 2. The van der Waals surface area contributed by atoms with Crippen LogP contribution in [0.2, 0.25) is 5.02 Å². The highest BCUT2D eigenvalue weighted by Crippen LogP contribution is 2.44. The normalized spacial score (nSPS) is 21.6. The number of benzene rings is 1. The Bertz CT molecular complexity index is 536. The highest BCUT2D eigenvalue weighted by molar-refractivity contribution is 6.32. The Balaban J connectivity index is 0.00000225. The summed E-state index contributed by atoms with van der Waals surface area (Å²) < 4.78 is 39.8.